The third-order valence-corrected chi connectivity index (χ3v) is 8.95. The van der Waals surface area contributed by atoms with Crippen LogP contribution in [0.1, 0.15) is 78.7 Å². The monoisotopic (exact) mass is 524 g/mol. The summed E-state index contributed by atoms with van der Waals surface area (Å²) in [5, 5.41) is 0. The number of aryl methyl sites for hydroxylation is 1. The number of carbonyl (C=O) groups excluding carboxylic acids is 1. The van der Waals surface area contributed by atoms with Crippen molar-refractivity contribution >= 4 is 5.78 Å². The van der Waals surface area contributed by atoms with Gasteiger partial charge in [-0.05, 0) is 98.1 Å². The smallest absolute Gasteiger partial charge is 0.159 e. The van der Waals surface area contributed by atoms with Gasteiger partial charge in [0.25, 0.3) is 0 Å². The van der Waals surface area contributed by atoms with E-state index in [0.717, 1.165) is 36.3 Å². The summed E-state index contributed by atoms with van der Waals surface area (Å²) in [6, 6.07) is 28.4. The number of rotatable bonds is 10. The van der Waals surface area contributed by atoms with Gasteiger partial charge in [0.1, 0.15) is 0 Å². The Kier molecular flexibility index (Phi) is 8.98. The molecule has 0 heterocycles. The molecular weight excluding hydrogens is 484 g/mol. The minimum absolute atomic E-state index is 0.130. The van der Waals surface area contributed by atoms with Crippen molar-refractivity contribution in [1.82, 2.24) is 0 Å². The molecule has 0 N–H and O–H groups in total. The summed E-state index contributed by atoms with van der Waals surface area (Å²) in [5.74, 6) is 4.74. The van der Waals surface area contributed by atoms with Crippen LogP contribution in [0, 0.1) is 24.2 Å². The number of ketones is 1. The van der Waals surface area contributed by atoms with Gasteiger partial charge < -0.3 is 0 Å². The molecule has 0 spiro atoms. The highest BCUT2D eigenvalue weighted by molar-refractivity contribution is 5.97. The molecule has 0 radical (unpaired) electrons. The molecule has 0 aliphatic heterocycles. The Morgan fingerprint density at radius 3 is 2.25 bits per heavy atom. The zero-order valence-electron chi connectivity index (χ0n) is 23.7. The van der Waals surface area contributed by atoms with E-state index < -0.39 is 0 Å². The molecule has 2 unspecified atom stereocenters. The standard InChI is InChI=1S/C39H40O/c1-4-30-12-14-32(15-13-30)26-33-16-18-35(19-17-33)39(28(2)10-11-31-8-6-5-7-9-31)36-22-20-34(21-23-36)38-25-24-37(27-38)29(3)40/h1,5-9,12-15,20-25,27,33,35,38-39H,2,10-11,16-19,26H2,3H3. The summed E-state index contributed by atoms with van der Waals surface area (Å²) >= 11 is 0. The minimum atomic E-state index is 0.130. The van der Waals surface area contributed by atoms with Crippen molar-refractivity contribution in [2.45, 2.75) is 63.7 Å². The van der Waals surface area contributed by atoms with Crippen LogP contribution in [0.25, 0.3) is 0 Å². The molecular formula is C39H40O. The number of carbonyl (C=O) groups is 1. The minimum Gasteiger partial charge on any atom is -0.295 e. The molecule has 0 bridgehead atoms. The highest BCUT2D eigenvalue weighted by atomic mass is 16.1. The molecule has 1 heteroatoms. The third-order valence-electron chi connectivity index (χ3n) is 8.95. The van der Waals surface area contributed by atoms with Crippen LogP contribution in [0.2, 0.25) is 0 Å². The first-order valence-electron chi connectivity index (χ1n) is 14.8. The van der Waals surface area contributed by atoms with Crippen LogP contribution in [-0.2, 0) is 17.6 Å². The average Bonchev–Trinajstić information content (AvgIpc) is 3.49. The Hall–Kier alpha value is -3.89. The first-order valence-corrected chi connectivity index (χ1v) is 14.8. The molecule has 40 heavy (non-hydrogen) atoms. The summed E-state index contributed by atoms with van der Waals surface area (Å²) in [4.78, 5) is 11.8. The molecule has 2 atom stereocenters. The molecule has 0 aromatic heterocycles. The molecule has 0 saturated heterocycles. The molecule has 1 saturated carbocycles. The lowest BCUT2D eigenvalue weighted by molar-refractivity contribution is -0.113. The van der Waals surface area contributed by atoms with Gasteiger partial charge in [0.2, 0.25) is 0 Å². The number of hydrogen-bond acceptors (Lipinski definition) is 1. The molecule has 2 aliphatic carbocycles. The van der Waals surface area contributed by atoms with Crippen molar-refractivity contribution in [3.05, 3.63) is 143 Å². The van der Waals surface area contributed by atoms with Crippen LogP contribution in [0.15, 0.2) is 115 Å². The molecule has 2 aliphatic rings. The quantitative estimate of drug-likeness (QED) is 0.191. The van der Waals surface area contributed by atoms with Gasteiger partial charge in [0.15, 0.2) is 5.78 Å². The van der Waals surface area contributed by atoms with Gasteiger partial charge >= 0.3 is 0 Å². The van der Waals surface area contributed by atoms with E-state index in [2.05, 4.69) is 104 Å². The molecule has 1 nitrogen and oxygen atoms in total. The fourth-order valence-electron chi connectivity index (χ4n) is 6.62. The second-order valence-corrected chi connectivity index (χ2v) is 11.7. The second-order valence-electron chi connectivity index (χ2n) is 11.7. The van der Waals surface area contributed by atoms with Crippen LogP contribution in [-0.4, -0.2) is 5.78 Å². The summed E-state index contributed by atoms with van der Waals surface area (Å²) in [6.45, 7) is 6.32. The van der Waals surface area contributed by atoms with E-state index in [9.17, 15) is 4.79 Å². The number of terminal acetylenes is 1. The van der Waals surface area contributed by atoms with Crippen LogP contribution >= 0.6 is 0 Å². The molecule has 1 fully saturated rings. The van der Waals surface area contributed by atoms with Gasteiger partial charge in [-0.2, -0.15) is 0 Å². The van der Waals surface area contributed by atoms with Gasteiger partial charge in [0, 0.05) is 23.0 Å². The van der Waals surface area contributed by atoms with Crippen LogP contribution in [0.4, 0.5) is 0 Å². The highest BCUT2D eigenvalue weighted by Crippen LogP contribution is 2.44. The Morgan fingerprint density at radius 2 is 1.62 bits per heavy atom. The van der Waals surface area contributed by atoms with E-state index in [0.29, 0.717) is 11.8 Å². The second kappa shape index (κ2) is 13.0. The van der Waals surface area contributed by atoms with E-state index in [1.54, 1.807) is 6.92 Å². The summed E-state index contributed by atoms with van der Waals surface area (Å²) in [5.41, 5.74) is 8.50. The fourth-order valence-corrected chi connectivity index (χ4v) is 6.62. The summed E-state index contributed by atoms with van der Waals surface area (Å²) in [6.07, 6.45) is 19.9. The summed E-state index contributed by atoms with van der Waals surface area (Å²) in [7, 11) is 0. The molecule has 202 valence electrons. The van der Waals surface area contributed by atoms with Crippen molar-refractivity contribution < 1.29 is 4.79 Å². The largest absolute Gasteiger partial charge is 0.295 e. The van der Waals surface area contributed by atoms with Crippen molar-refractivity contribution in [2.75, 3.05) is 0 Å². The van der Waals surface area contributed by atoms with Crippen molar-refractivity contribution in [1.29, 1.82) is 0 Å². The van der Waals surface area contributed by atoms with Gasteiger partial charge in [-0.1, -0.05) is 103 Å². The van der Waals surface area contributed by atoms with Gasteiger partial charge in [0.05, 0.1) is 0 Å². The van der Waals surface area contributed by atoms with E-state index in [1.165, 1.54) is 53.5 Å². The zero-order chi connectivity index (χ0) is 27.9. The lowest BCUT2D eigenvalue weighted by atomic mass is 9.69. The van der Waals surface area contributed by atoms with E-state index in [1.807, 2.05) is 6.08 Å². The number of benzene rings is 3. The van der Waals surface area contributed by atoms with Crippen molar-refractivity contribution in [3.8, 4) is 12.3 Å². The lowest BCUT2D eigenvalue weighted by Gasteiger charge is -2.36. The Bertz CT molecular complexity index is 1400. The number of hydrogen-bond donors (Lipinski definition) is 0. The molecule has 0 amide bonds. The maximum atomic E-state index is 11.8. The SMILES string of the molecule is C#Cc1ccc(CC2CCC(C(C(=C)CCc3ccccc3)c3ccc(C4C=CC(C(C)=O)=C4)cc3)CC2)cc1. The number of allylic oxidation sites excluding steroid dienone is 5. The molecule has 3 aromatic rings. The predicted octanol–water partition coefficient (Wildman–Crippen LogP) is 9.16. The normalized spacial score (nSPS) is 20.9. The van der Waals surface area contributed by atoms with E-state index in [-0.39, 0.29) is 11.7 Å². The fraction of sp³-hybridized carbons (Fsp3) is 0.308. The first-order chi connectivity index (χ1) is 19.5. The maximum Gasteiger partial charge on any atom is 0.159 e. The summed E-state index contributed by atoms with van der Waals surface area (Å²) < 4.78 is 0. The van der Waals surface area contributed by atoms with Crippen LogP contribution in [0.3, 0.4) is 0 Å². The van der Waals surface area contributed by atoms with E-state index in [4.69, 9.17) is 6.42 Å². The Morgan fingerprint density at radius 1 is 0.925 bits per heavy atom. The maximum absolute atomic E-state index is 11.8. The van der Waals surface area contributed by atoms with Crippen LogP contribution in [0.5, 0.6) is 0 Å². The van der Waals surface area contributed by atoms with Gasteiger partial charge in [-0.25, -0.2) is 0 Å². The molecule has 5 rings (SSSR count). The molecule has 3 aromatic carbocycles. The average molecular weight is 525 g/mol. The third kappa shape index (κ3) is 6.81. The Labute approximate surface area is 240 Å². The lowest BCUT2D eigenvalue weighted by Crippen LogP contribution is -2.23. The van der Waals surface area contributed by atoms with Gasteiger partial charge in [-0.3, -0.25) is 4.79 Å². The first kappa shape index (κ1) is 27.7. The number of Topliss-reactive ketones (excluding diaryl/α,β-unsaturated/α-hetero) is 1. The predicted molar refractivity (Wildman–Crippen MR) is 167 cm³/mol. The highest BCUT2D eigenvalue weighted by Gasteiger charge is 2.30. The van der Waals surface area contributed by atoms with Gasteiger partial charge in [-0.15, -0.1) is 6.42 Å². The van der Waals surface area contributed by atoms with Crippen molar-refractivity contribution in [2.24, 2.45) is 11.8 Å². The van der Waals surface area contributed by atoms with E-state index >= 15 is 0 Å². The van der Waals surface area contributed by atoms with Crippen molar-refractivity contribution in [3.63, 3.8) is 0 Å². The Balaban J connectivity index is 1.29. The zero-order valence-corrected chi connectivity index (χ0v) is 23.7. The topological polar surface area (TPSA) is 17.1 Å². The van der Waals surface area contributed by atoms with Crippen LogP contribution < -0.4 is 0 Å².